The molecule has 4 heterocycles. The predicted octanol–water partition coefficient (Wildman–Crippen LogP) is 0.954. The molecule has 3 aliphatic heterocycles. The third-order valence-corrected chi connectivity index (χ3v) is 8.66. The summed E-state index contributed by atoms with van der Waals surface area (Å²) >= 11 is 1.45. The lowest BCUT2D eigenvalue weighted by Crippen LogP contribution is -2.64. The van der Waals surface area contributed by atoms with Crippen molar-refractivity contribution in [1.82, 2.24) is 19.8 Å². The van der Waals surface area contributed by atoms with E-state index >= 15 is 0 Å². The predicted molar refractivity (Wildman–Crippen MR) is 133 cm³/mol. The van der Waals surface area contributed by atoms with E-state index in [1.54, 1.807) is 19.5 Å². The molecule has 196 valence electrons. The van der Waals surface area contributed by atoms with Crippen molar-refractivity contribution in [3.05, 3.63) is 28.6 Å². The third kappa shape index (κ3) is 4.99. The van der Waals surface area contributed by atoms with Gasteiger partial charge in [-0.1, -0.05) is 13.8 Å². The van der Waals surface area contributed by atoms with Gasteiger partial charge in [0.2, 0.25) is 11.9 Å². The zero-order valence-electron chi connectivity index (χ0n) is 20.7. The molecule has 4 rings (SSSR count). The van der Waals surface area contributed by atoms with Crippen LogP contribution in [0.3, 0.4) is 0 Å². The van der Waals surface area contributed by atoms with Crippen molar-refractivity contribution in [2.75, 3.05) is 32.1 Å². The van der Waals surface area contributed by atoms with Gasteiger partial charge in [-0.25, -0.2) is 14.8 Å². The van der Waals surface area contributed by atoms with Crippen molar-refractivity contribution in [1.29, 1.82) is 0 Å². The summed E-state index contributed by atoms with van der Waals surface area (Å²) in [5.41, 5.74) is 0.892. The van der Waals surface area contributed by atoms with Gasteiger partial charge in [0.05, 0.1) is 30.7 Å². The molecule has 0 aromatic carbocycles. The number of methoxy groups -OCH3 is 1. The summed E-state index contributed by atoms with van der Waals surface area (Å²) in [6.45, 7) is 5.96. The summed E-state index contributed by atoms with van der Waals surface area (Å²) in [6, 6.07) is -0.644. The van der Waals surface area contributed by atoms with Crippen molar-refractivity contribution in [3.8, 4) is 0 Å². The number of aldehydes is 1. The van der Waals surface area contributed by atoms with Gasteiger partial charge in [-0.15, -0.1) is 11.8 Å². The minimum absolute atomic E-state index is 0.00810. The SMILES string of the molecule is CCC(O)C1C(=O)N2C(C(=O)O)=C(SC3CC(C=O)N(Cc4cnc(NCCOC)nc4)C3)C(C)C12. The van der Waals surface area contributed by atoms with E-state index in [0.717, 1.165) is 11.8 Å². The molecule has 11 nitrogen and oxygen atoms in total. The van der Waals surface area contributed by atoms with E-state index in [9.17, 15) is 24.6 Å². The third-order valence-electron chi connectivity index (χ3n) is 7.17. The summed E-state index contributed by atoms with van der Waals surface area (Å²) in [7, 11) is 1.62. The number of aliphatic carboxylic acids is 1. The number of hydrogen-bond donors (Lipinski definition) is 3. The molecule has 3 aliphatic rings. The largest absolute Gasteiger partial charge is 0.477 e. The Kier molecular flexibility index (Phi) is 8.28. The van der Waals surface area contributed by atoms with Gasteiger partial charge in [0.25, 0.3) is 0 Å². The summed E-state index contributed by atoms with van der Waals surface area (Å²) in [5, 5.41) is 23.3. The number of amides is 1. The number of rotatable bonds is 12. The van der Waals surface area contributed by atoms with E-state index in [2.05, 4.69) is 15.3 Å². The molecular formula is C24H33N5O6S. The van der Waals surface area contributed by atoms with Crippen LogP contribution in [-0.4, -0.2) is 98.4 Å². The van der Waals surface area contributed by atoms with Crippen LogP contribution >= 0.6 is 11.8 Å². The van der Waals surface area contributed by atoms with E-state index < -0.39 is 18.0 Å². The second kappa shape index (κ2) is 11.2. The normalized spacial score (nSPS) is 28.7. The van der Waals surface area contributed by atoms with Gasteiger partial charge in [0.15, 0.2) is 0 Å². The molecule has 0 bridgehead atoms. The second-order valence-electron chi connectivity index (χ2n) is 9.45. The smallest absolute Gasteiger partial charge is 0.353 e. The number of aliphatic hydroxyl groups excluding tert-OH is 1. The maximum Gasteiger partial charge on any atom is 0.353 e. The van der Waals surface area contributed by atoms with Gasteiger partial charge >= 0.3 is 5.97 Å². The highest BCUT2D eigenvalue weighted by molar-refractivity contribution is 8.03. The van der Waals surface area contributed by atoms with E-state index in [4.69, 9.17) is 4.74 Å². The Morgan fingerprint density at radius 2 is 2.11 bits per heavy atom. The number of ether oxygens (including phenoxy) is 1. The zero-order chi connectivity index (χ0) is 26.0. The van der Waals surface area contributed by atoms with Crippen LogP contribution in [0.4, 0.5) is 5.95 Å². The monoisotopic (exact) mass is 519 g/mol. The van der Waals surface area contributed by atoms with E-state index in [0.29, 0.717) is 49.9 Å². The first-order valence-corrected chi connectivity index (χ1v) is 13.1. The molecule has 1 amide bonds. The number of anilines is 1. The number of carboxylic acids is 1. The van der Waals surface area contributed by atoms with Gasteiger partial charge in [-0.05, 0) is 12.8 Å². The van der Waals surface area contributed by atoms with Crippen LogP contribution in [0.15, 0.2) is 23.0 Å². The number of thioether (sulfide) groups is 1. The fourth-order valence-corrected chi connectivity index (χ4v) is 6.91. The Morgan fingerprint density at radius 1 is 1.39 bits per heavy atom. The number of aromatic nitrogens is 2. The van der Waals surface area contributed by atoms with Crippen LogP contribution in [0, 0.1) is 11.8 Å². The quantitative estimate of drug-likeness (QED) is 0.206. The second-order valence-corrected chi connectivity index (χ2v) is 10.8. The lowest BCUT2D eigenvalue weighted by molar-refractivity contribution is -0.164. The van der Waals surface area contributed by atoms with Crippen molar-refractivity contribution in [3.63, 3.8) is 0 Å². The maximum atomic E-state index is 12.7. The molecule has 36 heavy (non-hydrogen) atoms. The molecule has 2 fully saturated rings. The highest BCUT2D eigenvalue weighted by atomic mass is 32.2. The number of β-lactam (4-membered cyclic amide) rings is 1. The molecule has 12 heteroatoms. The van der Waals surface area contributed by atoms with E-state index in [-0.39, 0.29) is 34.9 Å². The van der Waals surface area contributed by atoms with Crippen LogP contribution < -0.4 is 5.32 Å². The number of nitrogens with one attached hydrogen (secondary N) is 1. The molecule has 0 radical (unpaired) electrons. The molecule has 2 saturated heterocycles. The van der Waals surface area contributed by atoms with E-state index in [1.807, 2.05) is 18.7 Å². The first kappa shape index (κ1) is 26.5. The van der Waals surface area contributed by atoms with Gasteiger partial charge in [0.1, 0.15) is 12.0 Å². The van der Waals surface area contributed by atoms with E-state index in [1.165, 1.54) is 16.7 Å². The summed E-state index contributed by atoms with van der Waals surface area (Å²) in [6.07, 6.45) is 4.61. The highest BCUT2D eigenvalue weighted by Crippen LogP contribution is 2.52. The minimum atomic E-state index is -1.14. The molecule has 1 aromatic heterocycles. The fourth-order valence-electron chi connectivity index (χ4n) is 5.34. The number of likely N-dealkylation sites (tertiary alicyclic amines) is 1. The van der Waals surface area contributed by atoms with Crippen molar-refractivity contribution >= 4 is 35.9 Å². The fraction of sp³-hybridized carbons (Fsp3) is 0.625. The average Bonchev–Trinajstić information content (AvgIpc) is 3.36. The molecule has 6 unspecified atom stereocenters. The molecule has 0 aliphatic carbocycles. The minimum Gasteiger partial charge on any atom is -0.477 e. The Morgan fingerprint density at radius 3 is 2.72 bits per heavy atom. The number of fused-ring (bicyclic) bond motifs is 1. The number of carboxylic acid groups (broad SMARTS) is 1. The standard InChI is InChI=1S/C24H33N5O6S/c1-4-17(31)18-19-13(2)21(20(23(33)34)29(19)22(18)32)36-16-7-15(12-30)28(11-16)10-14-8-26-24(27-9-14)25-5-6-35-3/h8-9,12-13,15-19,31H,4-7,10-11H2,1-3H3,(H,33,34)(H,25,26,27). The van der Waals surface area contributed by atoms with Crippen molar-refractivity contribution in [2.45, 2.75) is 56.7 Å². The highest BCUT2D eigenvalue weighted by Gasteiger charge is 2.60. The Labute approximate surface area is 214 Å². The topological polar surface area (TPSA) is 145 Å². The molecular weight excluding hydrogens is 486 g/mol. The van der Waals surface area contributed by atoms with Crippen molar-refractivity contribution < 1.29 is 29.3 Å². The van der Waals surface area contributed by atoms with Crippen LogP contribution in [0.1, 0.15) is 32.3 Å². The molecule has 6 atom stereocenters. The molecule has 0 saturated carbocycles. The number of nitrogens with zero attached hydrogens (tertiary/aromatic N) is 4. The van der Waals surface area contributed by atoms with Crippen molar-refractivity contribution in [2.24, 2.45) is 11.8 Å². The van der Waals surface area contributed by atoms with Crippen LogP contribution in [-0.2, 0) is 25.7 Å². The average molecular weight is 520 g/mol. The maximum absolute atomic E-state index is 12.7. The lowest BCUT2D eigenvalue weighted by Gasteiger charge is -2.46. The van der Waals surface area contributed by atoms with Crippen LogP contribution in [0.5, 0.6) is 0 Å². The molecule has 1 aromatic rings. The number of hydrogen-bond acceptors (Lipinski definition) is 10. The Bertz CT molecular complexity index is 1020. The number of carbonyl (C=O) groups excluding carboxylic acids is 2. The summed E-state index contributed by atoms with van der Waals surface area (Å²) < 4.78 is 5.00. The van der Waals surface area contributed by atoms with Crippen LogP contribution in [0.25, 0.3) is 0 Å². The number of aliphatic hydroxyl groups is 1. The van der Waals surface area contributed by atoms with Gasteiger partial charge in [0, 0.05) is 60.8 Å². The summed E-state index contributed by atoms with van der Waals surface area (Å²) in [4.78, 5) is 49.4. The van der Waals surface area contributed by atoms with Crippen LogP contribution in [0.2, 0.25) is 0 Å². The first-order valence-electron chi connectivity index (χ1n) is 12.2. The van der Waals surface area contributed by atoms with Gasteiger partial charge < -0.3 is 30.0 Å². The Hall–Kier alpha value is -2.54. The number of carbonyl (C=O) groups is 3. The summed E-state index contributed by atoms with van der Waals surface area (Å²) in [5.74, 6) is -1.73. The molecule has 3 N–H and O–H groups in total. The lowest BCUT2D eigenvalue weighted by atomic mass is 9.78. The molecule has 0 spiro atoms. The van der Waals surface area contributed by atoms with Gasteiger partial charge in [-0.2, -0.15) is 0 Å². The Balaban J connectivity index is 1.43. The van der Waals surface area contributed by atoms with Gasteiger partial charge in [-0.3, -0.25) is 9.69 Å². The zero-order valence-corrected chi connectivity index (χ0v) is 21.5. The first-order chi connectivity index (χ1) is 17.3.